The summed E-state index contributed by atoms with van der Waals surface area (Å²) in [5.41, 5.74) is 3.25. The number of morpholine rings is 1. The highest BCUT2D eigenvalue weighted by Crippen LogP contribution is 2.27. The van der Waals surface area contributed by atoms with Crippen LogP contribution in [0.2, 0.25) is 0 Å². The lowest BCUT2D eigenvalue weighted by Gasteiger charge is -2.31. The molecule has 1 fully saturated rings. The van der Waals surface area contributed by atoms with Crippen LogP contribution < -0.4 is 4.74 Å². The van der Waals surface area contributed by atoms with Crippen LogP contribution in [0.1, 0.15) is 40.7 Å². The molecule has 1 aliphatic rings. The van der Waals surface area contributed by atoms with Crippen LogP contribution in [0.3, 0.4) is 0 Å². The Balaban J connectivity index is 1.53. The third-order valence-corrected chi connectivity index (χ3v) is 5.32. The fraction of sp³-hybridized carbons (Fsp3) is 0.429. The van der Waals surface area contributed by atoms with Crippen molar-refractivity contribution in [1.29, 1.82) is 0 Å². The van der Waals surface area contributed by atoms with Gasteiger partial charge in [0, 0.05) is 24.7 Å². The normalized spacial score (nSPS) is 16.7. The molecule has 30 heavy (non-hydrogen) atoms. The summed E-state index contributed by atoms with van der Waals surface area (Å²) in [5.74, 6) is 1.44. The minimum Gasteiger partial charge on any atom is -0.497 e. The molecule has 0 bridgehead atoms. The molecule has 0 saturated carbocycles. The molecular formula is C21H25N5O4. The van der Waals surface area contributed by atoms with Gasteiger partial charge in [0.25, 0.3) is 11.8 Å². The Labute approximate surface area is 174 Å². The largest absolute Gasteiger partial charge is 0.497 e. The number of hydrogen-bond acceptors (Lipinski definition) is 7. The molecule has 1 aromatic carbocycles. The number of aryl methyl sites for hydroxylation is 2. The number of carbonyl (C=O) groups is 1. The SMILES string of the molecule is CCc1nn(C)c(C(=O)N2CCO[C@@H](c3nc(-c4cccc(OC)c4)no3)C2)c1C. The minimum atomic E-state index is -0.478. The number of nitrogens with zero attached hydrogens (tertiary/aromatic N) is 5. The smallest absolute Gasteiger partial charge is 0.272 e. The van der Waals surface area contributed by atoms with Gasteiger partial charge in [-0.25, -0.2) is 0 Å². The van der Waals surface area contributed by atoms with Crippen LogP contribution >= 0.6 is 0 Å². The van der Waals surface area contributed by atoms with Crippen molar-refractivity contribution in [3.63, 3.8) is 0 Å². The molecule has 0 unspecified atom stereocenters. The molecule has 9 heteroatoms. The van der Waals surface area contributed by atoms with Gasteiger partial charge in [-0.05, 0) is 25.5 Å². The highest BCUT2D eigenvalue weighted by Gasteiger charge is 2.32. The second kappa shape index (κ2) is 8.27. The van der Waals surface area contributed by atoms with Gasteiger partial charge in [0.05, 0.1) is 26.0 Å². The maximum absolute atomic E-state index is 13.2. The molecule has 4 rings (SSSR count). The molecule has 0 N–H and O–H groups in total. The van der Waals surface area contributed by atoms with Crippen molar-refractivity contribution in [3.05, 3.63) is 47.1 Å². The van der Waals surface area contributed by atoms with Gasteiger partial charge in [0.15, 0.2) is 6.10 Å². The number of ether oxygens (including phenoxy) is 2. The number of carbonyl (C=O) groups excluding carboxylic acids is 1. The van der Waals surface area contributed by atoms with Gasteiger partial charge in [-0.1, -0.05) is 24.2 Å². The van der Waals surface area contributed by atoms with Gasteiger partial charge < -0.3 is 18.9 Å². The van der Waals surface area contributed by atoms with E-state index >= 15 is 0 Å². The average Bonchev–Trinajstić information content (AvgIpc) is 3.38. The van der Waals surface area contributed by atoms with E-state index in [1.54, 1.807) is 23.7 Å². The highest BCUT2D eigenvalue weighted by molar-refractivity contribution is 5.94. The standard InChI is InChI=1S/C21H25N5O4/c1-5-16-13(2)18(25(3)23-16)21(27)26-9-10-29-17(12-26)20-22-19(24-30-20)14-7-6-8-15(11-14)28-4/h6-8,11,17H,5,9-10,12H2,1-4H3/t17-/m1/s1. The van der Waals surface area contributed by atoms with Crippen LogP contribution in [0.15, 0.2) is 28.8 Å². The van der Waals surface area contributed by atoms with Crippen molar-refractivity contribution < 1.29 is 18.8 Å². The van der Waals surface area contributed by atoms with Gasteiger partial charge in [-0.15, -0.1) is 0 Å². The van der Waals surface area contributed by atoms with Crippen LogP contribution in [0.25, 0.3) is 11.4 Å². The number of hydrogen-bond donors (Lipinski definition) is 0. The third-order valence-electron chi connectivity index (χ3n) is 5.32. The topological polar surface area (TPSA) is 95.5 Å². The zero-order valence-electron chi connectivity index (χ0n) is 17.6. The van der Waals surface area contributed by atoms with Crippen LogP contribution in [0.5, 0.6) is 5.75 Å². The predicted octanol–water partition coefficient (Wildman–Crippen LogP) is 2.56. The van der Waals surface area contributed by atoms with Crippen molar-refractivity contribution in [2.45, 2.75) is 26.4 Å². The van der Waals surface area contributed by atoms with Crippen molar-refractivity contribution >= 4 is 5.91 Å². The Morgan fingerprint density at radius 3 is 2.93 bits per heavy atom. The molecule has 158 valence electrons. The van der Waals surface area contributed by atoms with Crippen molar-refractivity contribution in [3.8, 4) is 17.1 Å². The van der Waals surface area contributed by atoms with E-state index in [2.05, 4.69) is 15.2 Å². The Morgan fingerprint density at radius 2 is 2.20 bits per heavy atom. The van der Waals surface area contributed by atoms with E-state index in [0.717, 1.165) is 23.2 Å². The number of methoxy groups -OCH3 is 1. The van der Waals surface area contributed by atoms with Gasteiger partial charge in [0.2, 0.25) is 5.82 Å². The van der Waals surface area contributed by atoms with Gasteiger partial charge in [0.1, 0.15) is 11.4 Å². The van der Waals surface area contributed by atoms with E-state index in [1.165, 1.54) is 0 Å². The van der Waals surface area contributed by atoms with E-state index < -0.39 is 6.10 Å². The zero-order chi connectivity index (χ0) is 21.3. The maximum Gasteiger partial charge on any atom is 0.272 e. The molecule has 2 aromatic heterocycles. The Kier molecular flexibility index (Phi) is 5.54. The Morgan fingerprint density at radius 1 is 1.37 bits per heavy atom. The fourth-order valence-corrected chi connectivity index (χ4v) is 3.70. The first kappa shape index (κ1) is 20.1. The van der Waals surface area contributed by atoms with Gasteiger partial charge >= 0.3 is 0 Å². The summed E-state index contributed by atoms with van der Waals surface area (Å²) in [6.07, 6.45) is 0.307. The van der Waals surface area contributed by atoms with Gasteiger partial charge in [-0.3, -0.25) is 9.48 Å². The first-order valence-electron chi connectivity index (χ1n) is 9.93. The molecule has 3 heterocycles. The highest BCUT2D eigenvalue weighted by atomic mass is 16.5. The summed E-state index contributed by atoms with van der Waals surface area (Å²) in [5, 5.41) is 8.53. The van der Waals surface area contributed by atoms with E-state index in [1.807, 2.05) is 38.1 Å². The molecule has 0 spiro atoms. The van der Waals surface area contributed by atoms with Crippen LogP contribution in [0.4, 0.5) is 0 Å². The first-order chi connectivity index (χ1) is 14.5. The van der Waals surface area contributed by atoms with Crippen LogP contribution in [-0.2, 0) is 18.2 Å². The first-order valence-corrected chi connectivity index (χ1v) is 9.93. The lowest BCUT2D eigenvalue weighted by Crippen LogP contribution is -2.43. The number of amides is 1. The molecule has 0 radical (unpaired) electrons. The maximum atomic E-state index is 13.2. The molecule has 1 atom stereocenters. The summed E-state index contributed by atoms with van der Waals surface area (Å²) in [7, 11) is 3.41. The van der Waals surface area contributed by atoms with Crippen molar-refractivity contribution in [2.75, 3.05) is 26.8 Å². The molecule has 3 aromatic rings. The monoisotopic (exact) mass is 411 g/mol. The summed E-state index contributed by atoms with van der Waals surface area (Å²) < 4.78 is 18.2. The number of benzene rings is 1. The summed E-state index contributed by atoms with van der Waals surface area (Å²) in [6.45, 7) is 5.20. The molecule has 1 saturated heterocycles. The van der Waals surface area contributed by atoms with Crippen LogP contribution in [-0.4, -0.2) is 57.5 Å². The van der Waals surface area contributed by atoms with Crippen LogP contribution in [0, 0.1) is 6.92 Å². The predicted molar refractivity (Wildman–Crippen MR) is 108 cm³/mol. The Hall–Kier alpha value is -3.20. The lowest BCUT2D eigenvalue weighted by atomic mass is 10.1. The Bertz CT molecular complexity index is 1060. The summed E-state index contributed by atoms with van der Waals surface area (Å²) in [4.78, 5) is 19.4. The zero-order valence-corrected chi connectivity index (χ0v) is 17.6. The average molecular weight is 411 g/mol. The summed E-state index contributed by atoms with van der Waals surface area (Å²) in [6, 6.07) is 7.43. The van der Waals surface area contributed by atoms with Gasteiger partial charge in [-0.2, -0.15) is 10.1 Å². The molecular weight excluding hydrogens is 386 g/mol. The number of aromatic nitrogens is 4. The van der Waals surface area contributed by atoms with Crippen molar-refractivity contribution in [2.24, 2.45) is 7.05 Å². The van der Waals surface area contributed by atoms with E-state index in [0.29, 0.717) is 42.9 Å². The molecule has 0 aliphatic carbocycles. The van der Waals surface area contributed by atoms with E-state index in [4.69, 9.17) is 14.0 Å². The lowest BCUT2D eigenvalue weighted by molar-refractivity contribution is -0.0370. The molecule has 1 aliphatic heterocycles. The van der Waals surface area contributed by atoms with E-state index in [9.17, 15) is 4.79 Å². The fourth-order valence-electron chi connectivity index (χ4n) is 3.70. The van der Waals surface area contributed by atoms with E-state index in [-0.39, 0.29) is 5.91 Å². The second-order valence-corrected chi connectivity index (χ2v) is 7.20. The third kappa shape index (κ3) is 3.68. The molecule has 9 nitrogen and oxygen atoms in total. The van der Waals surface area contributed by atoms with Crippen molar-refractivity contribution in [1.82, 2.24) is 24.8 Å². The minimum absolute atomic E-state index is 0.0666. The number of rotatable bonds is 5. The quantitative estimate of drug-likeness (QED) is 0.637. The summed E-state index contributed by atoms with van der Waals surface area (Å²) >= 11 is 0. The molecule has 1 amide bonds. The second-order valence-electron chi connectivity index (χ2n) is 7.20.